The molecule has 2 rings (SSSR count). The van der Waals surface area contributed by atoms with Gasteiger partial charge in [0.1, 0.15) is 0 Å². The van der Waals surface area contributed by atoms with E-state index in [1.54, 1.807) is 12.1 Å². The first-order valence-corrected chi connectivity index (χ1v) is 7.85. The Hall–Kier alpha value is -0.610. The summed E-state index contributed by atoms with van der Waals surface area (Å²) in [6, 6.07) is 4.63. The summed E-state index contributed by atoms with van der Waals surface area (Å²) in [5, 5.41) is 3.45. The highest BCUT2D eigenvalue weighted by Gasteiger charge is 2.37. The van der Waals surface area contributed by atoms with Crippen LogP contribution >= 0.6 is 11.8 Å². The fraction of sp³-hybridized carbons (Fsp3) is 0.600. The van der Waals surface area contributed by atoms with E-state index in [-0.39, 0.29) is 10.8 Å². The first-order chi connectivity index (χ1) is 9.07. The zero-order valence-corrected chi connectivity index (χ0v) is 12.3. The molecule has 1 aromatic carbocycles. The Labute approximate surface area is 118 Å². The standard InChI is InChI=1S/C15H21F2NS/c1-3-18-13(15(2)8-5-9-19-15)10-11-6-4-7-12(16)14(11)17/h4,6-7,13,18H,3,5,8-10H2,1-2H3. The van der Waals surface area contributed by atoms with Crippen molar-refractivity contribution in [1.29, 1.82) is 0 Å². The lowest BCUT2D eigenvalue weighted by atomic mass is 9.90. The number of nitrogens with one attached hydrogen (secondary N) is 1. The van der Waals surface area contributed by atoms with Gasteiger partial charge in [-0.05, 0) is 50.1 Å². The van der Waals surface area contributed by atoms with Gasteiger partial charge in [-0.3, -0.25) is 0 Å². The Balaban J connectivity index is 2.18. The monoisotopic (exact) mass is 285 g/mol. The highest BCUT2D eigenvalue weighted by molar-refractivity contribution is 8.00. The van der Waals surface area contributed by atoms with Crippen LogP contribution < -0.4 is 5.32 Å². The molecule has 0 aliphatic carbocycles. The van der Waals surface area contributed by atoms with E-state index in [2.05, 4.69) is 19.2 Å². The predicted molar refractivity (Wildman–Crippen MR) is 77.6 cm³/mol. The van der Waals surface area contributed by atoms with Gasteiger partial charge in [-0.1, -0.05) is 19.1 Å². The van der Waals surface area contributed by atoms with E-state index in [0.29, 0.717) is 12.0 Å². The van der Waals surface area contributed by atoms with E-state index in [1.807, 2.05) is 11.8 Å². The van der Waals surface area contributed by atoms with Crippen LogP contribution in [0.5, 0.6) is 0 Å². The molecular weight excluding hydrogens is 264 g/mol. The maximum absolute atomic E-state index is 13.8. The first kappa shape index (κ1) is 14.8. The fourth-order valence-electron chi connectivity index (χ4n) is 2.75. The van der Waals surface area contributed by atoms with Gasteiger partial charge in [0.15, 0.2) is 11.6 Å². The number of rotatable bonds is 5. The Morgan fingerprint density at radius 2 is 2.21 bits per heavy atom. The number of hydrogen-bond acceptors (Lipinski definition) is 2. The summed E-state index contributed by atoms with van der Waals surface area (Å²) < 4.78 is 27.2. The van der Waals surface area contributed by atoms with Gasteiger partial charge in [0.2, 0.25) is 0 Å². The maximum atomic E-state index is 13.8. The van der Waals surface area contributed by atoms with E-state index < -0.39 is 11.6 Å². The van der Waals surface area contributed by atoms with E-state index in [4.69, 9.17) is 0 Å². The van der Waals surface area contributed by atoms with Crippen molar-refractivity contribution in [3.05, 3.63) is 35.4 Å². The van der Waals surface area contributed by atoms with Gasteiger partial charge in [-0.2, -0.15) is 11.8 Å². The molecule has 1 aromatic rings. The predicted octanol–water partition coefficient (Wildman–Crippen LogP) is 3.77. The van der Waals surface area contributed by atoms with Crippen molar-refractivity contribution < 1.29 is 8.78 Å². The highest BCUT2D eigenvalue weighted by Crippen LogP contribution is 2.41. The first-order valence-electron chi connectivity index (χ1n) is 6.87. The molecule has 0 spiro atoms. The van der Waals surface area contributed by atoms with E-state index in [9.17, 15) is 8.78 Å². The van der Waals surface area contributed by atoms with Crippen molar-refractivity contribution >= 4 is 11.8 Å². The third kappa shape index (κ3) is 3.29. The average Bonchev–Trinajstić information content (AvgIpc) is 2.82. The molecule has 2 unspecified atom stereocenters. The van der Waals surface area contributed by atoms with Crippen LogP contribution in [0.1, 0.15) is 32.3 Å². The molecule has 0 radical (unpaired) electrons. The molecule has 19 heavy (non-hydrogen) atoms. The van der Waals surface area contributed by atoms with Crippen LogP contribution in [0.2, 0.25) is 0 Å². The summed E-state index contributed by atoms with van der Waals surface area (Å²) in [6.45, 7) is 5.13. The molecule has 4 heteroatoms. The largest absolute Gasteiger partial charge is 0.313 e. The lowest BCUT2D eigenvalue weighted by molar-refractivity contribution is 0.397. The highest BCUT2D eigenvalue weighted by atomic mass is 32.2. The zero-order chi connectivity index (χ0) is 13.9. The second-order valence-corrected chi connectivity index (χ2v) is 6.92. The van der Waals surface area contributed by atoms with Crippen molar-refractivity contribution in [3.63, 3.8) is 0 Å². The van der Waals surface area contributed by atoms with Crippen LogP contribution in [0, 0.1) is 11.6 Å². The minimum atomic E-state index is -0.753. The summed E-state index contributed by atoms with van der Waals surface area (Å²) in [5.74, 6) is -0.293. The minimum absolute atomic E-state index is 0.120. The van der Waals surface area contributed by atoms with Crippen molar-refractivity contribution in [1.82, 2.24) is 5.32 Å². The number of benzene rings is 1. The number of hydrogen-bond donors (Lipinski definition) is 1. The summed E-state index contributed by atoms with van der Waals surface area (Å²) in [7, 11) is 0. The number of likely N-dealkylation sites (N-methyl/N-ethyl adjacent to an activating group) is 1. The molecule has 0 saturated carbocycles. The number of thioether (sulfide) groups is 1. The van der Waals surface area contributed by atoms with Crippen LogP contribution in [0.4, 0.5) is 8.78 Å². The van der Waals surface area contributed by atoms with Crippen molar-refractivity contribution in [2.24, 2.45) is 0 Å². The Morgan fingerprint density at radius 3 is 2.84 bits per heavy atom. The summed E-state index contributed by atoms with van der Waals surface area (Å²) >= 11 is 1.94. The van der Waals surface area contributed by atoms with Gasteiger partial charge in [-0.15, -0.1) is 0 Å². The van der Waals surface area contributed by atoms with Crippen molar-refractivity contribution in [3.8, 4) is 0 Å². The van der Waals surface area contributed by atoms with Gasteiger partial charge in [0.25, 0.3) is 0 Å². The van der Waals surface area contributed by atoms with Crippen LogP contribution in [0.15, 0.2) is 18.2 Å². The average molecular weight is 285 g/mol. The van der Waals surface area contributed by atoms with Gasteiger partial charge in [0.05, 0.1) is 0 Å². The molecule has 0 bridgehead atoms. The van der Waals surface area contributed by atoms with Crippen LogP contribution in [-0.4, -0.2) is 23.1 Å². The molecule has 0 amide bonds. The van der Waals surface area contributed by atoms with Gasteiger partial charge in [-0.25, -0.2) is 8.78 Å². The second kappa shape index (κ2) is 6.23. The van der Waals surface area contributed by atoms with Gasteiger partial charge in [0, 0.05) is 10.8 Å². The van der Waals surface area contributed by atoms with Gasteiger partial charge < -0.3 is 5.32 Å². The molecule has 1 aliphatic heterocycles. The summed E-state index contributed by atoms with van der Waals surface area (Å²) in [6.07, 6.45) is 2.88. The number of halogens is 2. The van der Waals surface area contributed by atoms with Crippen molar-refractivity contribution in [2.75, 3.05) is 12.3 Å². The third-order valence-corrected chi connectivity index (χ3v) is 5.53. The minimum Gasteiger partial charge on any atom is -0.313 e. The van der Waals surface area contributed by atoms with Crippen LogP contribution in [0.25, 0.3) is 0 Å². The molecule has 1 aliphatic rings. The smallest absolute Gasteiger partial charge is 0.162 e. The molecule has 1 saturated heterocycles. The quantitative estimate of drug-likeness (QED) is 0.884. The van der Waals surface area contributed by atoms with Crippen LogP contribution in [0.3, 0.4) is 0 Å². The molecule has 1 nitrogen and oxygen atoms in total. The molecule has 2 atom stereocenters. The Kier molecular flexibility index (Phi) is 4.85. The fourth-order valence-corrected chi connectivity index (χ4v) is 4.16. The maximum Gasteiger partial charge on any atom is 0.162 e. The topological polar surface area (TPSA) is 12.0 Å². The SMILES string of the molecule is CCNC(Cc1cccc(F)c1F)C1(C)CCCS1. The zero-order valence-electron chi connectivity index (χ0n) is 11.5. The van der Waals surface area contributed by atoms with E-state index in [1.165, 1.54) is 12.5 Å². The van der Waals surface area contributed by atoms with E-state index >= 15 is 0 Å². The van der Waals surface area contributed by atoms with Crippen molar-refractivity contribution in [2.45, 2.75) is 43.9 Å². The molecular formula is C15H21F2NS. The van der Waals surface area contributed by atoms with E-state index in [0.717, 1.165) is 18.7 Å². The third-order valence-electron chi connectivity index (χ3n) is 3.89. The molecule has 1 heterocycles. The Bertz CT molecular complexity index is 430. The Morgan fingerprint density at radius 1 is 1.42 bits per heavy atom. The summed E-state index contributed by atoms with van der Waals surface area (Å²) in [4.78, 5) is 0. The van der Waals surface area contributed by atoms with Crippen LogP contribution in [-0.2, 0) is 6.42 Å². The molecule has 106 valence electrons. The summed E-state index contributed by atoms with van der Waals surface area (Å²) in [5.41, 5.74) is 0.472. The molecule has 1 fully saturated rings. The lowest BCUT2D eigenvalue weighted by Crippen LogP contribution is -2.46. The lowest BCUT2D eigenvalue weighted by Gasteiger charge is -2.34. The normalized spacial score (nSPS) is 24.6. The molecule has 0 aromatic heterocycles. The molecule has 1 N–H and O–H groups in total. The second-order valence-electron chi connectivity index (χ2n) is 5.29. The van der Waals surface area contributed by atoms with Gasteiger partial charge >= 0.3 is 0 Å².